The molecule has 0 aliphatic heterocycles. The molecule has 0 saturated heterocycles. The Morgan fingerprint density at radius 1 is 1.16 bits per heavy atom. The Kier molecular flexibility index (Phi) is 7.09. The summed E-state index contributed by atoms with van der Waals surface area (Å²) in [5.41, 5.74) is 1.93. The first-order chi connectivity index (χ1) is 11.5. The topological polar surface area (TPSA) is 58.6 Å². The molecule has 0 heterocycles. The normalized spacial score (nSPS) is 11.9. The second-order valence-corrected chi connectivity index (χ2v) is 8.42. The lowest BCUT2D eigenvalue weighted by Gasteiger charge is -2.28. The smallest absolute Gasteiger partial charge is 0.243 e. The number of nitrogens with one attached hydrogen (secondary N) is 1. The molecule has 1 aromatic carbocycles. The lowest BCUT2D eigenvalue weighted by Crippen LogP contribution is -2.22. The van der Waals surface area contributed by atoms with E-state index in [4.69, 9.17) is 4.74 Å². The molecule has 2 N–H and O–H groups in total. The highest BCUT2D eigenvalue weighted by molar-refractivity contribution is 5.86. The summed E-state index contributed by atoms with van der Waals surface area (Å²) in [6, 6.07) is 3.94. The van der Waals surface area contributed by atoms with Crippen molar-refractivity contribution >= 4 is 5.91 Å². The van der Waals surface area contributed by atoms with Gasteiger partial charge in [-0.3, -0.25) is 4.79 Å². The SMILES string of the molecule is C=CC(=O)NCCCCOc1c(O)cc(C(C)(C)C)cc1C(C)(C)C. The number of rotatable bonds is 7. The third kappa shape index (κ3) is 6.45. The minimum Gasteiger partial charge on any atom is -0.504 e. The summed E-state index contributed by atoms with van der Waals surface area (Å²) in [4.78, 5) is 11.1. The van der Waals surface area contributed by atoms with Crippen molar-refractivity contribution < 1.29 is 14.6 Å². The van der Waals surface area contributed by atoms with Gasteiger partial charge in [-0.05, 0) is 41.4 Å². The summed E-state index contributed by atoms with van der Waals surface area (Å²) in [5, 5.41) is 13.3. The number of amides is 1. The molecule has 1 aromatic rings. The van der Waals surface area contributed by atoms with Crippen LogP contribution in [0.25, 0.3) is 0 Å². The number of phenols is 1. The molecule has 0 aromatic heterocycles. The van der Waals surface area contributed by atoms with Gasteiger partial charge in [-0.15, -0.1) is 0 Å². The van der Waals surface area contributed by atoms with E-state index in [0.29, 0.717) is 18.9 Å². The van der Waals surface area contributed by atoms with Crippen molar-refractivity contribution in [1.82, 2.24) is 5.32 Å². The molecule has 4 nitrogen and oxygen atoms in total. The van der Waals surface area contributed by atoms with Crippen LogP contribution >= 0.6 is 0 Å². The maximum Gasteiger partial charge on any atom is 0.243 e. The highest BCUT2D eigenvalue weighted by atomic mass is 16.5. The molecule has 4 heteroatoms. The first kappa shape index (κ1) is 21.1. The summed E-state index contributed by atoms with van der Waals surface area (Å²) < 4.78 is 5.91. The van der Waals surface area contributed by atoms with E-state index in [1.165, 1.54) is 6.08 Å². The summed E-state index contributed by atoms with van der Waals surface area (Å²) in [7, 11) is 0. The van der Waals surface area contributed by atoms with E-state index < -0.39 is 0 Å². The summed E-state index contributed by atoms with van der Waals surface area (Å²) in [5.74, 6) is 0.597. The van der Waals surface area contributed by atoms with Crippen molar-refractivity contribution in [1.29, 1.82) is 0 Å². The lowest BCUT2D eigenvalue weighted by atomic mass is 9.80. The van der Waals surface area contributed by atoms with Crippen molar-refractivity contribution in [3.05, 3.63) is 35.9 Å². The van der Waals surface area contributed by atoms with Crippen LogP contribution in [0, 0.1) is 0 Å². The Morgan fingerprint density at radius 2 is 1.80 bits per heavy atom. The van der Waals surface area contributed by atoms with Gasteiger partial charge in [0.25, 0.3) is 0 Å². The van der Waals surface area contributed by atoms with Crippen LogP contribution in [0.4, 0.5) is 0 Å². The van der Waals surface area contributed by atoms with Crippen molar-refractivity contribution in [2.45, 2.75) is 65.2 Å². The molecule has 0 spiro atoms. The molecule has 25 heavy (non-hydrogen) atoms. The lowest BCUT2D eigenvalue weighted by molar-refractivity contribution is -0.116. The van der Waals surface area contributed by atoms with Gasteiger partial charge in [0.1, 0.15) is 0 Å². The van der Waals surface area contributed by atoms with E-state index in [0.717, 1.165) is 24.0 Å². The van der Waals surface area contributed by atoms with Gasteiger partial charge in [0, 0.05) is 12.1 Å². The fourth-order valence-corrected chi connectivity index (χ4v) is 2.44. The van der Waals surface area contributed by atoms with Crippen molar-refractivity contribution in [2.75, 3.05) is 13.2 Å². The van der Waals surface area contributed by atoms with Gasteiger partial charge in [-0.1, -0.05) is 54.2 Å². The molecule has 0 bridgehead atoms. The van der Waals surface area contributed by atoms with E-state index in [1.807, 2.05) is 0 Å². The number of aromatic hydroxyl groups is 1. The maximum absolute atomic E-state index is 11.1. The summed E-state index contributed by atoms with van der Waals surface area (Å²) in [6.45, 7) is 17.3. The summed E-state index contributed by atoms with van der Waals surface area (Å²) in [6.07, 6.45) is 2.87. The van der Waals surface area contributed by atoms with Gasteiger partial charge < -0.3 is 15.2 Å². The van der Waals surface area contributed by atoms with Crippen LogP contribution in [-0.4, -0.2) is 24.2 Å². The van der Waals surface area contributed by atoms with Crippen LogP contribution in [0.1, 0.15) is 65.5 Å². The monoisotopic (exact) mass is 347 g/mol. The predicted molar refractivity (Wildman–Crippen MR) is 103 cm³/mol. The molecule has 140 valence electrons. The molecule has 1 amide bonds. The minimum absolute atomic E-state index is 0.0423. The van der Waals surface area contributed by atoms with E-state index in [2.05, 4.69) is 59.5 Å². The first-order valence-electron chi connectivity index (χ1n) is 8.88. The first-order valence-corrected chi connectivity index (χ1v) is 8.88. The average Bonchev–Trinajstić information content (AvgIpc) is 2.49. The Bertz CT molecular complexity index is 607. The Labute approximate surface area is 152 Å². The minimum atomic E-state index is -0.161. The molecule has 0 aliphatic rings. The maximum atomic E-state index is 11.1. The number of carbonyl (C=O) groups is 1. The summed E-state index contributed by atoms with van der Waals surface area (Å²) >= 11 is 0. The number of phenolic OH excluding ortho intramolecular Hbond substituents is 1. The predicted octanol–water partition coefficient (Wildman–Crippen LogP) is 4.45. The third-order valence-electron chi connectivity index (χ3n) is 4.05. The van der Waals surface area contributed by atoms with E-state index in [-0.39, 0.29) is 22.5 Å². The quantitative estimate of drug-likeness (QED) is 0.566. The highest BCUT2D eigenvalue weighted by Crippen LogP contribution is 2.41. The van der Waals surface area contributed by atoms with Crippen LogP contribution in [0.15, 0.2) is 24.8 Å². The van der Waals surface area contributed by atoms with Gasteiger partial charge in [-0.25, -0.2) is 0 Å². The molecule has 0 saturated carbocycles. The zero-order chi connectivity index (χ0) is 19.3. The van der Waals surface area contributed by atoms with Crippen LogP contribution in [0.5, 0.6) is 11.5 Å². The zero-order valence-corrected chi connectivity index (χ0v) is 16.5. The number of carbonyl (C=O) groups excluding carboxylic acids is 1. The van der Waals surface area contributed by atoms with Crippen LogP contribution in [-0.2, 0) is 15.6 Å². The van der Waals surface area contributed by atoms with Crippen molar-refractivity contribution in [3.8, 4) is 11.5 Å². The fourth-order valence-electron chi connectivity index (χ4n) is 2.44. The number of hydrogen-bond donors (Lipinski definition) is 2. The van der Waals surface area contributed by atoms with Crippen molar-refractivity contribution in [2.24, 2.45) is 0 Å². The van der Waals surface area contributed by atoms with Crippen molar-refractivity contribution in [3.63, 3.8) is 0 Å². The Morgan fingerprint density at radius 3 is 2.32 bits per heavy atom. The highest BCUT2D eigenvalue weighted by Gasteiger charge is 2.26. The molecule has 0 fully saturated rings. The molecular formula is C21H33NO3. The molecule has 0 aliphatic carbocycles. The number of benzene rings is 1. The van der Waals surface area contributed by atoms with Gasteiger partial charge in [0.2, 0.25) is 5.91 Å². The third-order valence-corrected chi connectivity index (χ3v) is 4.05. The molecule has 1 rings (SSSR count). The molecule has 0 radical (unpaired) electrons. The Balaban J connectivity index is 2.82. The van der Waals surface area contributed by atoms with Crippen LogP contribution < -0.4 is 10.1 Å². The van der Waals surface area contributed by atoms with E-state index in [1.54, 1.807) is 6.07 Å². The van der Waals surface area contributed by atoms with Gasteiger partial charge in [0.05, 0.1) is 6.61 Å². The standard InChI is InChI=1S/C21H33NO3/c1-8-18(24)22-11-9-10-12-25-19-16(21(5,6)7)13-15(14-17(19)23)20(2,3)4/h8,13-14,23H,1,9-12H2,2-7H3,(H,22,24). The van der Waals surface area contributed by atoms with Crippen LogP contribution in [0.2, 0.25) is 0 Å². The van der Waals surface area contributed by atoms with Gasteiger partial charge in [-0.2, -0.15) is 0 Å². The second kappa shape index (κ2) is 8.41. The average molecular weight is 347 g/mol. The van der Waals surface area contributed by atoms with Gasteiger partial charge >= 0.3 is 0 Å². The largest absolute Gasteiger partial charge is 0.504 e. The van der Waals surface area contributed by atoms with Crippen LogP contribution in [0.3, 0.4) is 0 Å². The Hall–Kier alpha value is -1.97. The zero-order valence-electron chi connectivity index (χ0n) is 16.5. The van der Waals surface area contributed by atoms with Gasteiger partial charge in [0.15, 0.2) is 11.5 Å². The second-order valence-electron chi connectivity index (χ2n) is 8.42. The molecule has 0 atom stereocenters. The molecule has 0 unspecified atom stereocenters. The fraction of sp³-hybridized carbons (Fsp3) is 0.571. The number of ether oxygens (including phenoxy) is 1. The number of hydrogen-bond acceptors (Lipinski definition) is 3. The van der Waals surface area contributed by atoms with E-state index >= 15 is 0 Å². The van der Waals surface area contributed by atoms with E-state index in [9.17, 15) is 9.90 Å². The molecular weight excluding hydrogens is 314 g/mol. The number of unbranched alkanes of at least 4 members (excludes halogenated alkanes) is 1.